The minimum atomic E-state index is 0.145. The standard InChI is InChI=1S/C19H21NO/c1-2-19(21)20-16-12-15-10-6-7-11-17(15)18(13-16)14-8-4-3-5-9-14/h3-11,16,18H,2,12-13H2,1H3,(H,20,21)/t16-,18+/m0/s1. The van der Waals surface area contributed by atoms with E-state index < -0.39 is 0 Å². The van der Waals surface area contributed by atoms with E-state index in [1.807, 2.05) is 6.92 Å². The summed E-state index contributed by atoms with van der Waals surface area (Å²) in [5.41, 5.74) is 4.10. The fourth-order valence-electron chi connectivity index (χ4n) is 3.26. The number of hydrogen-bond donors (Lipinski definition) is 1. The Morgan fingerprint density at radius 3 is 2.57 bits per heavy atom. The number of rotatable bonds is 3. The first-order valence-corrected chi connectivity index (χ1v) is 7.70. The van der Waals surface area contributed by atoms with Crippen LogP contribution in [0.25, 0.3) is 0 Å². The lowest BCUT2D eigenvalue weighted by atomic mass is 9.76. The van der Waals surface area contributed by atoms with Gasteiger partial charge in [0.05, 0.1) is 0 Å². The van der Waals surface area contributed by atoms with Gasteiger partial charge in [-0.05, 0) is 29.5 Å². The normalized spacial score (nSPS) is 20.6. The van der Waals surface area contributed by atoms with Gasteiger partial charge < -0.3 is 5.32 Å². The fraction of sp³-hybridized carbons (Fsp3) is 0.316. The van der Waals surface area contributed by atoms with Crippen LogP contribution in [0.4, 0.5) is 0 Å². The number of nitrogens with one attached hydrogen (secondary N) is 1. The van der Waals surface area contributed by atoms with E-state index in [0.29, 0.717) is 12.3 Å². The molecule has 0 radical (unpaired) electrons. The van der Waals surface area contributed by atoms with Crippen molar-refractivity contribution in [2.75, 3.05) is 0 Å². The lowest BCUT2D eigenvalue weighted by Crippen LogP contribution is -2.39. The summed E-state index contributed by atoms with van der Waals surface area (Å²) in [6, 6.07) is 19.5. The van der Waals surface area contributed by atoms with Crippen LogP contribution in [0.2, 0.25) is 0 Å². The van der Waals surface area contributed by atoms with Gasteiger partial charge in [0.2, 0.25) is 5.91 Å². The van der Waals surface area contributed by atoms with E-state index in [2.05, 4.69) is 59.9 Å². The molecule has 1 amide bonds. The van der Waals surface area contributed by atoms with Gasteiger partial charge in [0, 0.05) is 18.4 Å². The molecule has 1 N–H and O–H groups in total. The number of amides is 1. The first-order chi connectivity index (χ1) is 10.3. The van der Waals surface area contributed by atoms with Crippen LogP contribution in [0.1, 0.15) is 42.4 Å². The smallest absolute Gasteiger partial charge is 0.219 e. The zero-order chi connectivity index (χ0) is 14.7. The maximum absolute atomic E-state index is 11.7. The Kier molecular flexibility index (Phi) is 4.05. The molecule has 0 aromatic heterocycles. The predicted octanol–water partition coefficient (Wildman–Crippen LogP) is 3.66. The molecule has 3 rings (SSSR count). The number of benzene rings is 2. The predicted molar refractivity (Wildman–Crippen MR) is 85.3 cm³/mol. The van der Waals surface area contributed by atoms with Gasteiger partial charge in [-0.1, -0.05) is 61.5 Å². The molecular weight excluding hydrogens is 258 g/mol. The van der Waals surface area contributed by atoms with Crippen LogP contribution in [0.3, 0.4) is 0 Å². The number of fused-ring (bicyclic) bond motifs is 1. The minimum absolute atomic E-state index is 0.145. The molecule has 0 fully saturated rings. The monoisotopic (exact) mass is 279 g/mol. The molecule has 2 heteroatoms. The van der Waals surface area contributed by atoms with E-state index in [0.717, 1.165) is 12.8 Å². The van der Waals surface area contributed by atoms with Crippen molar-refractivity contribution in [3.8, 4) is 0 Å². The van der Waals surface area contributed by atoms with Gasteiger partial charge in [-0.2, -0.15) is 0 Å². The van der Waals surface area contributed by atoms with Crippen LogP contribution < -0.4 is 5.32 Å². The van der Waals surface area contributed by atoms with Gasteiger partial charge in [0.1, 0.15) is 0 Å². The summed E-state index contributed by atoms with van der Waals surface area (Å²) in [5, 5.41) is 3.17. The van der Waals surface area contributed by atoms with Gasteiger partial charge in [-0.3, -0.25) is 4.79 Å². The summed E-state index contributed by atoms with van der Waals surface area (Å²) in [7, 11) is 0. The second-order valence-electron chi connectivity index (χ2n) is 5.72. The van der Waals surface area contributed by atoms with E-state index in [1.54, 1.807) is 0 Å². The van der Waals surface area contributed by atoms with Gasteiger partial charge >= 0.3 is 0 Å². The van der Waals surface area contributed by atoms with E-state index in [1.165, 1.54) is 16.7 Å². The lowest BCUT2D eigenvalue weighted by molar-refractivity contribution is -0.121. The first-order valence-electron chi connectivity index (χ1n) is 7.70. The van der Waals surface area contributed by atoms with Gasteiger partial charge in [-0.15, -0.1) is 0 Å². The van der Waals surface area contributed by atoms with Crippen molar-refractivity contribution >= 4 is 5.91 Å². The van der Waals surface area contributed by atoms with Crippen molar-refractivity contribution in [2.45, 2.75) is 38.1 Å². The molecule has 2 nitrogen and oxygen atoms in total. The van der Waals surface area contributed by atoms with Crippen molar-refractivity contribution in [2.24, 2.45) is 0 Å². The number of hydrogen-bond acceptors (Lipinski definition) is 1. The van der Waals surface area contributed by atoms with Crippen LogP contribution in [-0.4, -0.2) is 11.9 Å². The maximum atomic E-state index is 11.7. The second-order valence-corrected chi connectivity index (χ2v) is 5.72. The molecular formula is C19H21NO. The third kappa shape index (κ3) is 2.99. The highest BCUT2D eigenvalue weighted by molar-refractivity contribution is 5.76. The number of carbonyl (C=O) groups excluding carboxylic acids is 1. The quantitative estimate of drug-likeness (QED) is 0.912. The van der Waals surface area contributed by atoms with Crippen molar-refractivity contribution in [1.82, 2.24) is 5.32 Å². The van der Waals surface area contributed by atoms with Crippen LogP contribution in [-0.2, 0) is 11.2 Å². The maximum Gasteiger partial charge on any atom is 0.219 e. The van der Waals surface area contributed by atoms with Crippen LogP contribution >= 0.6 is 0 Å². The third-order valence-corrected chi connectivity index (χ3v) is 4.31. The van der Waals surface area contributed by atoms with E-state index in [4.69, 9.17) is 0 Å². The highest BCUT2D eigenvalue weighted by atomic mass is 16.1. The Labute approximate surface area is 126 Å². The van der Waals surface area contributed by atoms with E-state index in [9.17, 15) is 4.79 Å². The largest absolute Gasteiger partial charge is 0.353 e. The molecule has 1 aliphatic rings. The SMILES string of the molecule is CCC(=O)N[C@H]1Cc2ccccc2[C@@H](c2ccccc2)C1. The van der Waals surface area contributed by atoms with Crippen molar-refractivity contribution in [3.05, 3.63) is 71.3 Å². The first kappa shape index (κ1) is 13.9. The summed E-state index contributed by atoms with van der Waals surface area (Å²) in [5.74, 6) is 0.518. The Morgan fingerprint density at radius 1 is 1.10 bits per heavy atom. The molecule has 108 valence electrons. The average molecular weight is 279 g/mol. The summed E-state index contributed by atoms with van der Waals surface area (Å²) < 4.78 is 0. The van der Waals surface area contributed by atoms with Gasteiger partial charge in [0.15, 0.2) is 0 Å². The molecule has 0 aliphatic heterocycles. The summed E-state index contributed by atoms with van der Waals surface area (Å²) in [4.78, 5) is 11.7. The molecule has 2 aromatic rings. The third-order valence-electron chi connectivity index (χ3n) is 4.31. The highest BCUT2D eigenvalue weighted by Crippen LogP contribution is 2.36. The van der Waals surface area contributed by atoms with Crippen LogP contribution in [0, 0.1) is 0 Å². The Hall–Kier alpha value is -2.09. The molecule has 0 spiro atoms. The molecule has 0 bridgehead atoms. The summed E-state index contributed by atoms with van der Waals surface area (Å²) >= 11 is 0. The Morgan fingerprint density at radius 2 is 1.81 bits per heavy atom. The average Bonchev–Trinajstić information content (AvgIpc) is 2.55. The highest BCUT2D eigenvalue weighted by Gasteiger charge is 2.28. The summed E-state index contributed by atoms with van der Waals surface area (Å²) in [6.45, 7) is 1.90. The molecule has 1 aliphatic carbocycles. The Balaban J connectivity index is 1.93. The summed E-state index contributed by atoms with van der Waals surface area (Å²) in [6.07, 6.45) is 2.46. The van der Waals surface area contributed by atoms with Gasteiger partial charge in [0.25, 0.3) is 0 Å². The molecule has 0 saturated carbocycles. The minimum Gasteiger partial charge on any atom is -0.353 e. The number of carbonyl (C=O) groups is 1. The molecule has 21 heavy (non-hydrogen) atoms. The molecule has 0 unspecified atom stereocenters. The van der Waals surface area contributed by atoms with Crippen LogP contribution in [0.15, 0.2) is 54.6 Å². The molecule has 2 atom stereocenters. The lowest BCUT2D eigenvalue weighted by Gasteiger charge is -2.32. The second kappa shape index (κ2) is 6.13. The van der Waals surface area contributed by atoms with E-state index in [-0.39, 0.29) is 11.9 Å². The van der Waals surface area contributed by atoms with Crippen molar-refractivity contribution in [3.63, 3.8) is 0 Å². The Bertz CT molecular complexity index is 620. The topological polar surface area (TPSA) is 29.1 Å². The van der Waals surface area contributed by atoms with Crippen molar-refractivity contribution in [1.29, 1.82) is 0 Å². The zero-order valence-corrected chi connectivity index (χ0v) is 12.4. The van der Waals surface area contributed by atoms with Gasteiger partial charge in [-0.25, -0.2) is 0 Å². The zero-order valence-electron chi connectivity index (χ0n) is 12.4. The molecule has 0 saturated heterocycles. The fourth-order valence-corrected chi connectivity index (χ4v) is 3.26. The van der Waals surface area contributed by atoms with E-state index >= 15 is 0 Å². The van der Waals surface area contributed by atoms with Crippen molar-refractivity contribution < 1.29 is 4.79 Å². The van der Waals surface area contributed by atoms with Crippen LogP contribution in [0.5, 0.6) is 0 Å². The molecule has 0 heterocycles. The molecule has 2 aromatic carbocycles.